The van der Waals surface area contributed by atoms with Crippen molar-refractivity contribution in [2.24, 2.45) is 0 Å². The van der Waals surface area contributed by atoms with Crippen LogP contribution in [0.3, 0.4) is 0 Å². The second-order valence-corrected chi connectivity index (χ2v) is 5.60. The molecule has 0 bridgehead atoms. The zero-order valence-electron chi connectivity index (χ0n) is 10.3. The minimum absolute atomic E-state index is 0.0872. The number of amides is 1. The first-order valence-corrected chi connectivity index (χ1v) is 7.04. The number of non-ortho nitro benzene ring substituents is 1. The Morgan fingerprint density at radius 1 is 1.29 bits per heavy atom. The molecule has 2 aromatic rings. The van der Waals surface area contributed by atoms with E-state index in [4.69, 9.17) is 11.6 Å². The van der Waals surface area contributed by atoms with Crippen LogP contribution < -0.4 is 5.32 Å². The zero-order chi connectivity index (χ0) is 15.6. The lowest BCUT2D eigenvalue weighted by atomic mass is 10.2. The van der Waals surface area contributed by atoms with Crippen molar-refractivity contribution >= 4 is 51.5 Å². The number of rotatable bonds is 3. The van der Waals surface area contributed by atoms with E-state index in [9.17, 15) is 19.3 Å². The van der Waals surface area contributed by atoms with Gasteiger partial charge in [-0.3, -0.25) is 14.9 Å². The van der Waals surface area contributed by atoms with Crippen molar-refractivity contribution in [1.29, 1.82) is 0 Å². The Labute approximate surface area is 137 Å². The highest BCUT2D eigenvalue weighted by atomic mass is 127. The Bertz CT molecular complexity index is 739. The third kappa shape index (κ3) is 3.67. The number of hydrogen-bond acceptors (Lipinski definition) is 3. The minimum Gasteiger partial charge on any atom is -0.319 e. The van der Waals surface area contributed by atoms with Gasteiger partial charge in [0.15, 0.2) is 0 Å². The SMILES string of the molecule is O=C(Nc1cc(Cl)ccc1F)c1cc([N+](=O)[O-])ccc1I. The van der Waals surface area contributed by atoms with E-state index in [0.29, 0.717) is 3.57 Å². The fourth-order valence-corrected chi connectivity index (χ4v) is 2.34. The Morgan fingerprint density at radius 2 is 2.00 bits per heavy atom. The highest BCUT2D eigenvalue weighted by Crippen LogP contribution is 2.23. The standard InChI is InChI=1S/C13H7ClFIN2O3/c14-7-1-3-10(15)12(5-7)17-13(19)9-6-8(18(20)21)2-4-11(9)16/h1-6H,(H,17,19). The van der Waals surface area contributed by atoms with E-state index < -0.39 is 16.6 Å². The van der Waals surface area contributed by atoms with Gasteiger partial charge in [0.05, 0.1) is 16.2 Å². The summed E-state index contributed by atoms with van der Waals surface area (Å²) in [5.41, 5.74) is -0.217. The van der Waals surface area contributed by atoms with Crippen molar-refractivity contribution < 1.29 is 14.1 Å². The van der Waals surface area contributed by atoms with E-state index in [0.717, 1.165) is 12.1 Å². The maximum absolute atomic E-state index is 13.6. The van der Waals surface area contributed by atoms with E-state index in [1.54, 1.807) is 0 Å². The van der Waals surface area contributed by atoms with Gasteiger partial charge in [-0.05, 0) is 46.9 Å². The van der Waals surface area contributed by atoms with Crippen molar-refractivity contribution in [1.82, 2.24) is 0 Å². The fraction of sp³-hybridized carbons (Fsp3) is 0. The Hall–Kier alpha value is -1.74. The van der Waals surface area contributed by atoms with Gasteiger partial charge >= 0.3 is 0 Å². The molecule has 0 saturated carbocycles. The third-order valence-corrected chi connectivity index (χ3v) is 3.76. The van der Waals surface area contributed by atoms with Crippen molar-refractivity contribution in [3.8, 4) is 0 Å². The molecule has 1 N–H and O–H groups in total. The molecule has 8 heteroatoms. The molecule has 0 fully saturated rings. The maximum Gasteiger partial charge on any atom is 0.270 e. The molecular weight excluding hydrogens is 414 g/mol. The van der Waals surface area contributed by atoms with Crippen molar-refractivity contribution in [3.63, 3.8) is 0 Å². The number of carbonyl (C=O) groups excluding carboxylic acids is 1. The summed E-state index contributed by atoms with van der Waals surface area (Å²) in [6.07, 6.45) is 0. The smallest absolute Gasteiger partial charge is 0.270 e. The summed E-state index contributed by atoms with van der Waals surface area (Å²) in [4.78, 5) is 22.3. The van der Waals surface area contributed by atoms with Gasteiger partial charge in [0, 0.05) is 20.7 Å². The van der Waals surface area contributed by atoms with Crippen LogP contribution in [0.2, 0.25) is 5.02 Å². The quantitative estimate of drug-likeness (QED) is 0.458. The van der Waals surface area contributed by atoms with E-state index >= 15 is 0 Å². The molecule has 0 radical (unpaired) electrons. The largest absolute Gasteiger partial charge is 0.319 e. The second-order valence-electron chi connectivity index (χ2n) is 4.00. The highest BCUT2D eigenvalue weighted by Gasteiger charge is 2.17. The van der Waals surface area contributed by atoms with Gasteiger partial charge < -0.3 is 5.32 Å². The molecule has 0 saturated heterocycles. The van der Waals surface area contributed by atoms with E-state index in [-0.39, 0.29) is 22.0 Å². The van der Waals surface area contributed by atoms with Crippen LogP contribution in [0.15, 0.2) is 36.4 Å². The second kappa shape index (κ2) is 6.35. The number of anilines is 1. The Balaban J connectivity index is 2.34. The van der Waals surface area contributed by atoms with Crippen molar-refractivity contribution in [2.75, 3.05) is 5.32 Å². The lowest BCUT2D eigenvalue weighted by Crippen LogP contribution is -2.14. The third-order valence-electron chi connectivity index (χ3n) is 2.58. The molecule has 0 aliphatic heterocycles. The van der Waals surface area contributed by atoms with Crippen LogP contribution in [0, 0.1) is 19.5 Å². The molecule has 0 aromatic heterocycles. The molecule has 0 aliphatic carbocycles. The zero-order valence-corrected chi connectivity index (χ0v) is 13.2. The van der Waals surface area contributed by atoms with Gasteiger partial charge in [0.25, 0.3) is 11.6 Å². The number of hydrogen-bond donors (Lipinski definition) is 1. The van der Waals surface area contributed by atoms with Gasteiger partial charge in [0.2, 0.25) is 0 Å². The van der Waals surface area contributed by atoms with Crippen LogP contribution >= 0.6 is 34.2 Å². The number of carbonyl (C=O) groups is 1. The van der Waals surface area contributed by atoms with Crippen molar-refractivity contribution in [3.05, 3.63) is 66.5 Å². The first-order chi connectivity index (χ1) is 9.88. The number of nitro benzene ring substituents is 1. The predicted octanol–water partition coefficient (Wildman–Crippen LogP) is 4.24. The molecule has 0 aliphatic rings. The number of halogens is 3. The lowest BCUT2D eigenvalue weighted by Gasteiger charge is -2.08. The summed E-state index contributed by atoms with van der Waals surface area (Å²) < 4.78 is 14.1. The van der Waals surface area contributed by atoms with Crippen molar-refractivity contribution in [2.45, 2.75) is 0 Å². The van der Waals surface area contributed by atoms with Gasteiger partial charge in [-0.15, -0.1) is 0 Å². The normalized spacial score (nSPS) is 10.2. The van der Waals surface area contributed by atoms with Gasteiger partial charge in [0.1, 0.15) is 5.82 Å². The molecule has 0 atom stereocenters. The predicted molar refractivity (Wildman–Crippen MR) is 85.2 cm³/mol. The van der Waals surface area contributed by atoms with E-state index in [1.165, 1.54) is 24.3 Å². The molecule has 2 rings (SSSR count). The fourth-order valence-electron chi connectivity index (χ4n) is 1.58. The number of benzene rings is 2. The maximum atomic E-state index is 13.6. The summed E-state index contributed by atoms with van der Waals surface area (Å²) in [6.45, 7) is 0. The molecule has 21 heavy (non-hydrogen) atoms. The minimum atomic E-state index is -0.649. The first kappa shape index (κ1) is 15.6. The lowest BCUT2D eigenvalue weighted by molar-refractivity contribution is -0.384. The van der Waals surface area contributed by atoms with Gasteiger partial charge in [-0.1, -0.05) is 11.6 Å². The average Bonchev–Trinajstić information content (AvgIpc) is 2.43. The Kier molecular flexibility index (Phi) is 4.73. The van der Waals surface area contributed by atoms with Gasteiger partial charge in [-0.2, -0.15) is 0 Å². The van der Waals surface area contributed by atoms with E-state index in [2.05, 4.69) is 5.32 Å². The van der Waals surface area contributed by atoms with Crippen LogP contribution in [0.5, 0.6) is 0 Å². The molecule has 1 amide bonds. The molecule has 0 unspecified atom stereocenters. The first-order valence-electron chi connectivity index (χ1n) is 5.59. The molecule has 0 spiro atoms. The molecule has 2 aromatic carbocycles. The number of nitrogens with zero attached hydrogens (tertiary/aromatic N) is 1. The van der Waals surface area contributed by atoms with Gasteiger partial charge in [-0.25, -0.2) is 4.39 Å². The number of nitro groups is 1. The molecule has 108 valence electrons. The summed E-state index contributed by atoms with van der Waals surface area (Å²) in [6, 6.07) is 7.61. The van der Waals surface area contributed by atoms with Crippen LogP contribution in [-0.2, 0) is 0 Å². The molecule has 0 heterocycles. The molecule has 5 nitrogen and oxygen atoms in total. The topological polar surface area (TPSA) is 72.2 Å². The molecular formula is C13H7ClFIN2O3. The highest BCUT2D eigenvalue weighted by molar-refractivity contribution is 14.1. The summed E-state index contributed by atoms with van der Waals surface area (Å²) >= 11 is 7.61. The number of nitrogens with one attached hydrogen (secondary N) is 1. The summed E-state index contributed by atoms with van der Waals surface area (Å²) in [7, 11) is 0. The van der Waals surface area contributed by atoms with Crippen LogP contribution in [0.25, 0.3) is 0 Å². The van der Waals surface area contributed by atoms with Crippen LogP contribution in [0.1, 0.15) is 10.4 Å². The van der Waals surface area contributed by atoms with E-state index in [1.807, 2.05) is 22.6 Å². The average molecular weight is 421 g/mol. The monoisotopic (exact) mass is 420 g/mol. The summed E-state index contributed by atoms with van der Waals surface area (Å²) in [5.74, 6) is -1.29. The Morgan fingerprint density at radius 3 is 2.67 bits per heavy atom. The van der Waals surface area contributed by atoms with Crippen LogP contribution in [-0.4, -0.2) is 10.8 Å². The summed E-state index contributed by atoms with van der Waals surface area (Å²) in [5, 5.41) is 13.4. The van der Waals surface area contributed by atoms with Crippen LogP contribution in [0.4, 0.5) is 15.8 Å².